The molecule has 1 N–H and O–H groups in total. The maximum absolute atomic E-state index is 11.8. The van der Waals surface area contributed by atoms with Crippen molar-refractivity contribution in [1.82, 2.24) is 5.43 Å². The number of ether oxygens (including phenoxy) is 2. The molecule has 0 unspecified atom stereocenters. The molecule has 0 fully saturated rings. The van der Waals surface area contributed by atoms with E-state index in [0.29, 0.717) is 17.1 Å². The molecule has 0 heterocycles. The van der Waals surface area contributed by atoms with E-state index in [2.05, 4.69) is 32.4 Å². The van der Waals surface area contributed by atoms with Gasteiger partial charge in [-0.25, -0.2) is 5.43 Å². The molecule has 5 nitrogen and oxygen atoms in total. The average Bonchev–Trinajstić information content (AvgIpc) is 2.60. The zero-order chi connectivity index (χ0) is 17.2. The van der Waals surface area contributed by atoms with Crippen LogP contribution in [-0.4, -0.2) is 25.3 Å². The van der Waals surface area contributed by atoms with Gasteiger partial charge in [0.2, 0.25) is 0 Å². The number of carbonyl (C=O) groups is 1. The van der Waals surface area contributed by atoms with Gasteiger partial charge < -0.3 is 9.47 Å². The number of para-hydroxylation sites is 2. The topological polar surface area (TPSA) is 59.9 Å². The van der Waals surface area contributed by atoms with Gasteiger partial charge in [0, 0.05) is 5.56 Å². The first-order valence-electron chi connectivity index (χ1n) is 7.05. The Morgan fingerprint density at radius 2 is 1.88 bits per heavy atom. The first kappa shape index (κ1) is 17.6. The number of hydrazone groups is 1. The van der Waals surface area contributed by atoms with Gasteiger partial charge in [-0.3, -0.25) is 4.79 Å². The van der Waals surface area contributed by atoms with E-state index < -0.39 is 0 Å². The minimum Gasteiger partial charge on any atom is -0.483 e. The summed E-state index contributed by atoms with van der Waals surface area (Å²) in [5.74, 6) is 3.21. The smallest absolute Gasteiger partial charge is 0.277 e. The Hall–Kier alpha value is -2.78. The molecule has 0 aliphatic rings. The van der Waals surface area contributed by atoms with E-state index in [1.807, 2.05) is 30.3 Å². The van der Waals surface area contributed by atoms with Crippen LogP contribution >= 0.6 is 15.9 Å². The highest BCUT2D eigenvalue weighted by molar-refractivity contribution is 9.10. The molecule has 122 valence electrons. The van der Waals surface area contributed by atoms with Crippen molar-refractivity contribution in [2.24, 2.45) is 5.10 Å². The summed E-state index contributed by atoms with van der Waals surface area (Å²) in [6.07, 6.45) is 6.66. The molecule has 6 heteroatoms. The largest absolute Gasteiger partial charge is 0.483 e. The molecule has 2 aromatic carbocycles. The van der Waals surface area contributed by atoms with Crippen molar-refractivity contribution in [2.45, 2.75) is 0 Å². The molecule has 2 aromatic rings. The predicted molar refractivity (Wildman–Crippen MR) is 96.1 cm³/mol. The minimum atomic E-state index is -0.371. The predicted octanol–water partition coefficient (Wildman–Crippen LogP) is 2.99. The van der Waals surface area contributed by atoms with Gasteiger partial charge in [0.05, 0.1) is 10.7 Å². The van der Waals surface area contributed by atoms with Gasteiger partial charge >= 0.3 is 0 Å². The number of hydrogen-bond donors (Lipinski definition) is 1. The lowest BCUT2D eigenvalue weighted by molar-refractivity contribution is -0.123. The third-order valence-electron chi connectivity index (χ3n) is 2.82. The van der Waals surface area contributed by atoms with E-state index in [-0.39, 0.29) is 19.1 Å². The SMILES string of the molecule is C#CCOc1ccccc1/C=N/NC(=O)COc1ccccc1Br. The Kier molecular flexibility index (Phi) is 6.87. The fourth-order valence-corrected chi connectivity index (χ4v) is 2.15. The Bertz CT molecular complexity index is 769. The summed E-state index contributed by atoms with van der Waals surface area (Å²) < 4.78 is 11.6. The van der Waals surface area contributed by atoms with Crippen LogP contribution in [0.5, 0.6) is 11.5 Å². The lowest BCUT2D eigenvalue weighted by Gasteiger charge is -2.07. The summed E-state index contributed by atoms with van der Waals surface area (Å²) in [6.45, 7) is 0.0200. The van der Waals surface area contributed by atoms with Gasteiger partial charge in [-0.15, -0.1) is 6.42 Å². The number of hydrogen-bond acceptors (Lipinski definition) is 4. The second-order valence-electron chi connectivity index (χ2n) is 4.54. The Balaban J connectivity index is 1.87. The molecular formula is C18H15BrN2O3. The number of halogens is 1. The van der Waals surface area contributed by atoms with Crippen molar-refractivity contribution in [3.8, 4) is 23.8 Å². The number of nitrogens with one attached hydrogen (secondary N) is 1. The zero-order valence-electron chi connectivity index (χ0n) is 12.7. The normalized spacial score (nSPS) is 10.2. The highest BCUT2D eigenvalue weighted by atomic mass is 79.9. The van der Waals surface area contributed by atoms with Gasteiger partial charge in [0.15, 0.2) is 6.61 Å². The van der Waals surface area contributed by atoms with E-state index in [1.54, 1.807) is 18.2 Å². The summed E-state index contributed by atoms with van der Waals surface area (Å²) in [4.78, 5) is 11.8. The van der Waals surface area contributed by atoms with E-state index in [9.17, 15) is 4.79 Å². The molecule has 2 rings (SSSR count). The van der Waals surface area contributed by atoms with E-state index in [4.69, 9.17) is 15.9 Å². The highest BCUT2D eigenvalue weighted by Crippen LogP contribution is 2.23. The number of nitrogens with zero attached hydrogens (tertiary/aromatic N) is 1. The van der Waals surface area contributed by atoms with Crippen molar-refractivity contribution in [2.75, 3.05) is 13.2 Å². The van der Waals surface area contributed by atoms with Crippen LogP contribution < -0.4 is 14.9 Å². The van der Waals surface area contributed by atoms with Gasteiger partial charge in [-0.1, -0.05) is 30.2 Å². The molecule has 1 amide bonds. The second kappa shape index (κ2) is 9.38. The molecule has 0 saturated heterocycles. The molecule has 24 heavy (non-hydrogen) atoms. The van der Waals surface area contributed by atoms with Gasteiger partial charge in [0.1, 0.15) is 18.1 Å². The van der Waals surface area contributed by atoms with Crippen molar-refractivity contribution in [3.63, 3.8) is 0 Å². The molecule has 0 aliphatic heterocycles. The second-order valence-corrected chi connectivity index (χ2v) is 5.40. The van der Waals surface area contributed by atoms with Crippen molar-refractivity contribution >= 4 is 28.1 Å². The maximum Gasteiger partial charge on any atom is 0.277 e. The third-order valence-corrected chi connectivity index (χ3v) is 3.47. The number of terminal acetylenes is 1. The molecular weight excluding hydrogens is 372 g/mol. The number of carbonyl (C=O) groups excluding carboxylic acids is 1. The van der Waals surface area contributed by atoms with Crippen molar-refractivity contribution in [3.05, 3.63) is 58.6 Å². The summed E-state index contributed by atoms with van der Waals surface area (Å²) in [5, 5.41) is 3.90. The standard InChI is InChI=1S/C18H15BrN2O3/c1-2-11-23-16-9-5-3-7-14(16)12-20-21-18(22)13-24-17-10-6-4-8-15(17)19/h1,3-10,12H,11,13H2,(H,21,22)/b20-12+. The fraction of sp³-hybridized carbons (Fsp3) is 0.111. The van der Waals surface area contributed by atoms with E-state index in [0.717, 1.165) is 4.47 Å². The van der Waals surface area contributed by atoms with Gasteiger partial charge in [-0.2, -0.15) is 5.10 Å². The third kappa shape index (κ3) is 5.45. The Morgan fingerprint density at radius 3 is 2.62 bits per heavy atom. The van der Waals surface area contributed by atoms with Crippen LogP contribution in [0.4, 0.5) is 0 Å². The van der Waals surface area contributed by atoms with Crippen LogP contribution in [0.1, 0.15) is 5.56 Å². The van der Waals surface area contributed by atoms with Gasteiger partial charge in [-0.05, 0) is 40.2 Å². The van der Waals surface area contributed by atoms with E-state index in [1.165, 1.54) is 6.21 Å². The van der Waals surface area contributed by atoms with E-state index >= 15 is 0 Å². The van der Waals surface area contributed by atoms with Gasteiger partial charge in [0.25, 0.3) is 5.91 Å². The Labute approximate surface area is 148 Å². The summed E-state index contributed by atoms with van der Waals surface area (Å²) in [5.41, 5.74) is 3.11. The average molecular weight is 387 g/mol. The molecule has 0 saturated carbocycles. The maximum atomic E-state index is 11.8. The number of rotatable bonds is 7. The molecule has 0 aliphatic carbocycles. The van der Waals surface area contributed by atoms with Crippen LogP contribution in [0.2, 0.25) is 0 Å². The highest BCUT2D eigenvalue weighted by Gasteiger charge is 2.04. The fourth-order valence-electron chi connectivity index (χ4n) is 1.75. The first-order chi connectivity index (χ1) is 11.7. The van der Waals surface area contributed by atoms with Crippen LogP contribution in [0.25, 0.3) is 0 Å². The summed E-state index contributed by atoms with van der Waals surface area (Å²) in [7, 11) is 0. The Morgan fingerprint density at radius 1 is 1.17 bits per heavy atom. The zero-order valence-corrected chi connectivity index (χ0v) is 14.3. The molecule has 0 atom stereocenters. The van der Waals surface area contributed by atoms with Crippen LogP contribution in [0.3, 0.4) is 0 Å². The summed E-state index contributed by atoms with van der Waals surface area (Å²) in [6, 6.07) is 14.5. The lowest BCUT2D eigenvalue weighted by atomic mass is 10.2. The van der Waals surface area contributed by atoms with Crippen LogP contribution in [0, 0.1) is 12.3 Å². The summed E-state index contributed by atoms with van der Waals surface area (Å²) >= 11 is 3.34. The van der Waals surface area contributed by atoms with Crippen molar-refractivity contribution in [1.29, 1.82) is 0 Å². The van der Waals surface area contributed by atoms with Crippen LogP contribution in [0.15, 0.2) is 58.1 Å². The quantitative estimate of drug-likeness (QED) is 0.452. The minimum absolute atomic E-state index is 0.144. The number of amides is 1. The molecule has 0 radical (unpaired) electrons. The number of benzene rings is 2. The molecule has 0 aromatic heterocycles. The monoisotopic (exact) mass is 386 g/mol. The molecule has 0 spiro atoms. The molecule has 0 bridgehead atoms. The van der Waals surface area contributed by atoms with Crippen molar-refractivity contribution < 1.29 is 14.3 Å². The van der Waals surface area contributed by atoms with Crippen LogP contribution in [-0.2, 0) is 4.79 Å². The first-order valence-corrected chi connectivity index (χ1v) is 7.84. The lowest BCUT2D eigenvalue weighted by Crippen LogP contribution is -2.24.